The summed E-state index contributed by atoms with van der Waals surface area (Å²) in [5.74, 6) is -1.48. The molecule has 32 heavy (non-hydrogen) atoms. The van der Waals surface area contributed by atoms with Crippen LogP contribution in [0.25, 0.3) is 0 Å². The number of fused-ring (bicyclic) bond motifs is 1. The first kappa shape index (κ1) is 21.3. The van der Waals surface area contributed by atoms with Gasteiger partial charge in [0.05, 0.1) is 30.1 Å². The molecular weight excluding hydrogens is 441 g/mol. The fourth-order valence-corrected chi connectivity index (χ4v) is 3.40. The van der Waals surface area contributed by atoms with Crippen molar-refractivity contribution in [2.24, 2.45) is 5.73 Å². The number of ether oxygens (including phenoxy) is 2. The molecule has 0 unspecified atom stereocenters. The molecule has 11 heteroatoms. The summed E-state index contributed by atoms with van der Waals surface area (Å²) in [7, 11) is 3.05. The van der Waals surface area contributed by atoms with E-state index < -0.39 is 11.7 Å². The Morgan fingerprint density at radius 2 is 2.09 bits per heavy atom. The number of aromatic nitrogens is 2. The summed E-state index contributed by atoms with van der Waals surface area (Å²) >= 11 is 6.20. The number of carbonyl (C=O) groups is 2. The largest absolute Gasteiger partial charge is 0.495 e. The number of methoxy groups -OCH3 is 1. The van der Waals surface area contributed by atoms with Crippen LogP contribution in [0.15, 0.2) is 36.5 Å². The summed E-state index contributed by atoms with van der Waals surface area (Å²) in [5, 5.41) is 2.90. The molecule has 2 heterocycles. The van der Waals surface area contributed by atoms with E-state index in [1.54, 1.807) is 24.1 Å². The van der Waals surface area contributed by atoms with Crippen LogP contribution in [0.3, 0.4) is 0 Å². The molecule has 3 N–H and O–H groups in total. The van der Waals surface area contributed by atoms with Crippen LogP contribution < -0.4 is 20.5 Å². The van der Waals surface area contributed by atoms with Gasteiger partial charge in [-0.25, -0.2) is 9.37 Å². The molecule has 2 aromatic carbocycles. The van der Waals surface area contributed by atoms with Gasteiger partial charge < -0.3 is 25.4 Å². The number of nitrogens with two attached hydrogens (primary N) is 1. The first-order valence-electron chi connectivity index (χ1n) is 9.30. The van der Waals surface area contributed by atoms with E-state index in [4.69, 9.17) is 26.8 Å². The van der Waals surface area contributed by atoms with Crippen molar-refractivity contribution in [2.45, 2.75) is 6.54 Å². The zero-order valence-electron chi connectivity index (χ0n) is 17.0. The number of carbonyl (C=O) groups excluding carboxylic acids is 2. The first-order valence-corrected chi connectivity index (χ1v) is 9.68. The predicted octanol–water partition coefficient (Wildman–Crippen LogP) is 3.50. The number of halogens is 2. The van der Waals surface area contributed by atoms with Crippen LogP contribution in [-0.4, -0.2) is 40.8 Å². The number of amides is 2. The van der Waals surface area contributed by atoms with Crippen LogP contribution in [0, 0.1) is 5.82 Å². The summed E-state index contributed by atoms with van der Waals surface area (Å²) < 4.78 is 25.3. The minimum Gasteiger partial charge on any atom is -0.495 e. The maximum atomic E-state index is 14.2. The topological polar surface area (TPSA) is 120 Å². The van der Waals surface area contributed by atoms with Crippen molar-refractivity contribution in [3.05, 3.63) is 64.1 Å². The van der Waals surface area contributed by atoms with Crippen molar-refractivity contribution in [2.75, 3.05) is 19.5 Å². The summed E-state index contributed by atoms with van der Waals surface area (Å²) in [4.78, 5) is 33.7. The fraction of sp³-hybridized carbons (Fsp3) is 0.143. The lowest BCUT2D eigenvalue weighted by Crippen LogP contribution is -2.17. The van der Waals surface area contributed by atoms with Crippen molar-refractivity contribution in [3.63, 3.8) is 0 Å². The molecule has 1 aromatic heterocycles. The second kappa shape index (κ2) is 8.31. The Kier molecular flexibility index (Phi) is 5.54. The van der Waals surface area contributed by atoms with Crippen LogP contribution in [-0.2, 0) is 6.54 Å². The van der Waals surface area contributed by atoms with E-state index in [-0.39, 0.29) is 39.8 Å². The van der Waals surface area contributed by atoms with Crippen molar-refractivity contribution in [1.82, 2.24) is 14.9 Å². The van der Waals surface area contributed by atoms with Gasteiger partial charge in [-0.3, -0.25) is 9.59 Å². The molecule has 0 radical (unpaired) electrons. The van der Waals surface area contributed by atoms with Crippen LogP contribution >= 0.6 is 11.6 Å². The summed E-state index contributed by atoms with van der Waals surface area (Å²) in [5.41, 5.74) is 6.27. The second-order valence-corrected chi connectivity index (χ2v) is 7.33. The van der Waals surface area contributed by atoms with E-state index in [2.05, 4.69) is 15.3 Å². The van der Waals surface area contributed by atoms with Gasteiger partial charge in [-0.2, -0.15) is 4.98 Å². The summed E-state index contributed by atoms with van der Waals surface area (Å²) in [6.45, 7) is 0.475. The van der Waals surface area contributed by atoms with Gasteiger partial charge in [0.1, 0.15) is 22.3 Å². The molecule has 9 nitrogen and oxygen atoms in total. The lowest BCUT2D eigenvalue weighted by Gasteiger charge is -2.14. The van der Waals surface area contributed by atoms with Crippen molar-refractivity contribution < 1.29 is 23.5 Å². The molecule has 1 aliphatic heterocycles. The van der Waals surface area contributed by atoms with E-state index in [1.165, 1.54) is 19.4 Å². The van der Waals surface area contributed by atoms with Gasteiger partial charge in [-0.1, -0.05) is 23.7 Å². The third kappa shape index (κ3) is 3.87. The molecule has 3 aromatic rings. The molecule has 0 fully saturated rings. The number of hydrogen-bond acceptors (Lipinski definition) is 7. The summed E-state index contributed by atoms with van der Waals surface area (Å²) in [6.07, 6.45) is 1.30. The highest BCUT2D eigenvalue weighted by Crippen LogP contribution is 2.36. The SMILES string of the molecule is COc1cc(C(N)=O)c(F)cc1Nc1ncc(Cl)c(Oc2cccc3c2C(=O)N(C)C3)n1. The van der Waals surface area contributed by atoms with Gasteiger partial charge >= 0.3 is 0 Å². The Morgan fingerprint density at radius 1 is 1.31 bits per heavy atom. The maximum absolute atomic E-state index is 14.2. The van der Waals surface area contributed by atoms with Crippen LogP contribution in [0.5, 0.6) is 17.4 Å². The molecule has 1 aliphatic rings. The van der Waals surface area contributed by atoms with Crippen LogP contribution in [0.2, 0.25) is 5.02 Å². The number of benzene rings is 2. The second-order valence-electron chi connectivity index (χ2n) is 6.92. The molecule has 0 aliphatic carbocycles. The van der Waals surface area contributed by atoms with E-state index in [0.29, 0.717) is 17.9 Å². The molecule has 4 rings (SSSR count). The maximum Gasteiger partial charge on any atom is 0.258 e. The van der Waals surface area contributed by atoms with Gasteiger partial charge in [0.15, 0.2) is 0 Å². The van der Waals surface area contributed by atoms with Crippen molar-refractivity contribution in [1.29, 1.82) is 0 Å². The zero-order chi connectivity index (χ0) is 23.0. The first-order chi connectivity index (χ1) is 15.3. The monoisotopic (exact) mass is 457 g/mol. The van der Waals surface area contributed by atoms with Gasteiger partial charge in [-0.05, 0) is 17.7 Å². The highest BCUT2D eigenvalue weighted by atomic mass is 35.5. The van der Waals surface area contributed by atoms with E-state index >= 15 is 0 Å². The van der Waals surface area contributed by atoms with Crippen molar-refractivity contribution >= 4 is 35.1 Å². The van der Waals surface area contributed by atoms with Gasteiger partial charge in [0, 0.05) is 19.7 Å². The number of primary amides is 1. The number of anilines is 2. The standard InChI is InChI=1S/C21H17ClFN5O4/c1-28-9-10-4-3-5-15(17(10)20(28)30)32-19-12(22)8-25-21(27-19)26-14-7-13(23)11(18(24)29)6-16(14)31-2/h3-8H,9H2,1-2H3,(H2,24,29)(H,25,26,27). The Balaban J connectivity index is 1.66. The van der Waals surface area contributed by atoms with Gasteiger partial charge in [0.25, 0.3) is 11.8 Å². The molecule has 0 spiro atoms. The minimum absolute atomic E-state index is 0.00638. The number of nitrogens with zero attached hydrogens (tertiary/aromatic N) is 3. The van der Waals surface area contributed by atoms with E-state index in [9.17, 15) is 14.0 Å². The normalized spacial score (nSPS) is 12.5. The van der Waals surface area contributed by atoms with Crippen molar-refractivity contribution in [3.8, 4) is 17.4 Å². The van der Waals surface area contributed by atoms with Gasteiger partial charge in [-0.15, -0.1) is 0 Å². The molecule has 164 valence electrons. The molecule has 0 atom stereocenters. The summed E-state index contributed by atoms with van der Waals surface area (Å²) in [6, 6.07) is 7.46. The van der Waals surface area contributed by atoms with Gasteiger partial charge in [0.2, 0.25) is 11.8 Å². The third-order valence-corrected chi connectivity index (χ3v) is 5.06. The Morgan fingerprint density at radius 3 is 2.81 bits per heavy atom. The Hall–Kier alpha value is -3.92. The smallest absolute Gasteiger partial charge is 0.258 e. The number of nitrogens with one attached hydrogen (secondary N) is 1. The lowest BCUT2D eigenvalue weighted by molar-refractivity contribution is 0.0814. The average Bonchev–Trinajstić information content (AvgIpc) is 3.05. The molecule has 0 bridgehead atoms. The molecule has 2 amide bonds. The number of hydrogen-bond donors (Lipinski definition) is 2. The lowest BCUT2D eigenvalue weighted by atomic mass is 10.1. The Labute approximate surface area is 186 Å². The highest BCUT2D eigenvalue weighted by Gasteiger charge is 2.28. The molecule has 0 saturated carbocycles. The zero-order valence-corrected chi connectivity index (χ0v) is 17.7. The quantitative estimate of drug-likeness (QED) is 0.581. The van der Waals surface area contributed by atoms with Crippen LogP contribution in [0.1, 0.15) is 26.3 Å². The van der Waals surface area contributed by atoms with E-state index in [0.717, 1.165) is 11.6 Å². The Bertz CT molecular complexity index is 1250. The average molecular weight is 458 g/mol. The number of rotatable bonds is 6. The minimum atomic E-state index is -0.929. The third-order valence-electron chi connectivity index (χ3n) is 4.80. The highest BCUT2D eigenvalue weighted by molar-refractivity contribution is 6.31. The predicted molar refractivity (Wildman–Crippen MR) is 114 cm³/mol. The van der Waals surface area contributed by atoms with Crippen LogP contribution in [0.4, 0.5) is 16.0 Å². The van der Waals surface area contributed by atoms with E-state index in [1.807, 2.05) is 6.07 Å². The molecule has 0 saturated heterocycles. The molecular formula is C21H17ClFN5O4. The fourth-order valence-electron chi connectivity index (χ4n) is 3.27.